The highest BCUT2D eigenvalue weighted by molar-refractivity contribution is 6.04. The largest absolute Gasteiger partial charge is 0.497 e. The molecule has 0 fully saturated rings. The van der Waals surface area contributed by atoms with Crippen molar-refractivity contribution in [2.75, 3.05) is 25.7 Å². The Hall–Kier alpha value is -2.82. The molecule has 0 aromatic heterocycles. The van der Waals surface area contributed by atoms with Gasteiger partial charge in [0, 0.05) is 29.9 Å². The molecule has 5 heteroatoms. The molecule has 0 saturated carbocycles. The van der Waals surface area contributed by atoms with Crippen LogP contribution in [0.3, 0.4) is 0 Å². The van der Waals surface area contributed by atoms with Crippen LogP contribution in [-0.2, 0) is 0 Å². The van der Waals surface area contributed by atoms with E-state index >= 15 is 0 Å². The summed E-state index contributed by atoms with van der Waals surface area (Å²) in [6, 6.07) is 14.2. The minimum Gasteiger partial charge on any atom is -0.497 e. The average molecular weight is 329 g/mol. The number of hydrogen-bond acceptors (Lipinski definition) is 4. The zero-order valence-corrected chi connectivity index (χ0v) is 13.5. The Morgan fingerprint density at radius 1 is 1.08 bits per heavy atom. The second-order valence-electron chi connectivity index (χ2n) is 4.99. The number of carbonyl (C=O) groups excluding carboxylic acids is 1. The Kier molecular flexibility index (Phi) is 6.83. The van der Waals surface area contributed by atoms with Gasteiger partial charge in [-0.15, -0.1) is 0 Å². The van der Waals surface area contributed by atoms with Crippen LogP contribution in [0.1, 0.15) is 16.8 Å². The minimum atomic E-state index is -0.400. The number of anilines is 1. The Morgan fingerprint density at radius 2 is 1.75 bits per heavy atom. The number of ketones is 1. The highest BCUT2D eigenvalue weighted by Gasteiger charge is 2.02. The van der Waals surface area contributed by atoms with E-state index in [9.17, 15) is 9.18 Å². The molecule has 0 atom stereocenters. The van der Waals surface area contributed by atoms with E-state index in [1.54, 1.807) is 37.6 Å². The van der Waals surface area contributed by atoms with Gasteiger partial charge >= 0.3 is 0 Å². The lowest BCUT2D eigenvalue weighted by atomic mass is 10.1. The van der Waals surface area contributed by atoms with Crippen molar-refractivity contribution in [3.05, 3.63) is 66.4 Å². The molecule has 0 aliphatic heterocycles. The first-order valence-corrected chi connectivity index (χ1v) is 7.63. The molecule has 0 aliphatic carbocycles. The van der Waals surface area contributed by atoms with Crippen molar-refractivity contribution in [1.29, 1.82) is 0 Å². The third kappa shape index (κ3) is 5.43. The van der Waals surface area contributed by atoms with Gasteiger partial charge in [-0.1, -0.05) is 0 Å². The smallest absolute Gasteiger partial charge is 0.187 e. The van der Waals surface area contributed by atoms with E-state index in [1.165, 1.54) is 6.08 Å². The third-order valence-corrected chi connectivity index (χ3v) is 3.26. The lowest BCUT2D eigenvalue weighted by Gasteiger charge is -2.05. The number of carbonyl (C=O) groups is 1. The molecular formula is C19H20FNO3. The highest BCUT2D eigenvalue weighted by atomic mass is 19.1. The maximum Gasteiger partial charge on any atom is 0.187 e. The first-order valence-electron chi connectivity index (χ1n) is 7.63. The molecule has 4 nitrogen and oxygen atoms in total. The topological polar surface area (TPSA) is 47.6 Å². The van der Waals surface area contributed by atoms with Crippen molar-refractivity contribution >= 4 is 11.5 Å². The summed E-state index contributed by atoms with van der Waals surface area (Å²) in [5.74, 6) is 1.28. The normalized spacial score (nSPS) is 10.6. The van der Waals surface area contributed by atoms with Gasteiger partial charge in [0.05, 0.1) is 20.4 Å². The molecule has 2 rings (SSSR count). The molecule has 0 amide bonds. The predicted molar refractivity (Wildman–Crippen MR) is 92.6 cm³/mol. The first kappa shape index (κ1) is 17.5. The number of hydrogen-bond donors (Lipinski definition) is 1. The third-order valence-electron chi connectivity index (χ3n) is 3.26. The van der Waals surface area contributed by atoms with Gasteiger partial charge in [-0.3, -0.25) is 9.18 Å². The molecule has 24 heavy (non-hydrogen) atoms. The Bertz CT molecular complexity index is 666. The van der Waals surface area contributed by atoms with Gasteiger partial charge in [0.15, 0.2) is 5.78 Å². The van der Waals surface area contributed by atoms with Crippen molar-refractivity contribution in [1.82, 2.24) is 0 Å². The van der Waals surface area contributed by atoms with E-state index in [2.05, 4.69) is 5.32 Å². The van der Waals surface area contributed by atoms with Crippen molar-refractivity contribution in [3.8, 4) is 11.5 Å². The van der Waals surface area contributed by atoms with Crippen LogP contribution in [0.4, 0.5) is 10.1 Å². The lowest BCUT2D eigenvalue weighted by molar-refractivity contribution is 0.104. The molecule has 0 saturated heterocycles. The number of alkyl halides is 1. The monoisotopic (exact) mass is 329 g/mol. The second-order valence-corrected chi connectivity index (χ2v) is 4.99. The number of methoxy groups -OCH3 is 1. The SMILES string of the molecule is COc1ccc(N/C=C/C(=O)c2ccc(OCCCF)cc2)cc1. The summed E-state index contributed by atoms with van der Waals surface area (Å²) in [6.45, 7) is -0.0714. The summed E-state index contributed by atoms with van der Waals surface area (Å²) in [5.41, 5.74) is 1.41. The number of halogens is 1. The maximum atomic E-state index is 12.1. The Labute approximate surface area is 140 Å². The highest BCUT2D eigenvalue weighted by Crippen LogP contribution is 2.15. The van der Waals surface area contributed by atoms with Gasteiger partial charge in [-0.2, -0.15) is 0 Å². The number of benzene rings is 2. The summed E-state index contributed by atoms with van der Waals surface area (Å²) < 4.78 is 22.4. The van der Waals surface area contributed by atoms with Crippen molar-refractivity contribution in [2.45, 2.75) is 6.42 Å². The van der Waals surface area contributed by atoms with E-state index in [0.717, 1.165) is 11.4 Å². The standard InChI is InChI=1S/C19H20FNO3/c1-23-17-9-5-16(6-10-17)21-13-11-19(22)15-3-7-18(8-4-15)24-14-2-12-20/h3-11,13,21H,2,12,14H2,1H3/b13-11+. The molecule has 2 aromatic carbocycles. The Balaban J connectivity index is 1.86. The fraction of sp³-hybridized carbons (Fsp3) is 0.211. The van der Waals surface area contributed by atoms with Gasteiger partial charge in [-0.25, -0.2) is 0 Å². The Morgan fingerprint density at radius 3 is 2.38 bits per heavy atom. The molecule has 0 bridgehead atoms. The van der Waals surface area contributed by atoms with E-state index in [1.807, 2.05) is 24.3 Å². The summed E-state index contributed by atoms with van der Waals surface area (Å²) >= 11 is 0. The molecule has 0 heterocycles. The van der Waals surface area contributed by atoms with Gasteiger partial charge in [-0.05, 0) is 48.5 Å². The predicted octanol–water partition coefficient (Wildman–Crippen LogP) is 4.24. The molecule has 0 spiro atoms. The fourth-order valence-electron chi connectivity index (χ4n) is 1.96. The van der Waals surface area contributed by atoms with Crippen LogP contribution >= 0.6 is 0 Å². The van der Waals surface area contributed by atoms with Crippen LogP contribution in [0.25, 0.3) is 0 Å². The van der Waals surface area contributed by atoms with Crippen LogP contribution in [0.15, 0.2) is 60.8 Å². The molecule has 126 valence electrons. The fourth-order valence-corrected chi connectivity index (χ4v) is 1.96. The summed E-state index contributed by atoms with van der Waals surface area (Å²) in [7, 11) is 1.61. The van der Waals surface area contributed by atoms with Gasteiger partial charge in [0.1, 0.15) is 11.5 Å². The molecular weight excluding hydrogens is 309 g/mol. The van der Waals surface area contributed by atoms with Crippen molar-refractivity contribution in [2.24, 2.45) is 0 Å². The zero-order valence-electron chi connectivity index (χ0n) is 13.5. The van der Waals surface area contributed by atoms with E-state index in [0.29, 0.717) is 24.3 Å². The van der Waals surface area contributed by atoms with Gasteiger partial charge in [0.2, 0.25) is 0 Å². The van der Waals surface area contributed by atoms with Crippen LogP contribution < -0.4 is 14.8 Å². The first-order chi connectivity index (χ1) is 11.7. The number of rotatable bonds is 9. The molecule has 0 unspecified atom stereocenters. The quantitative estimate of drug-likeness (QED) is 0.425. The number of ether oxygens (including phenoxy) is 2. The summed E-state index contributed by atoms with van der Waals surface area (Å²) in [5, 5.41) is 3.03. The van der Waals surface area contributed by atoms with Crippen LogP contribution in [0.2, 0.25) is 0 Å². The van der Waals surface area contributed by atoms with E-state index in [4.69, 9.17) is 9.47 Å². The van der Waals surface area contributed by atoms with Crippen molar-refractivity contribution in [3.63, 3.8) is 0 Å². The number of allylic oxidation sites excluding steroid dienone is 1. The number of nitrogens with one attached hydrogen (secondary N) is 1. The second kappa shape index (κ2) is 9.35. The van der Waals surface area contributed by atoms with Crippen LogP contribution in [-0.4, -0.2) is 26.2 Å². The van der Waals surface area contributed by atoms with Crippen LogP contribution in [0, 0.1) is 0 Å². The van der Waals surface area contributed by atoms with Crippen LogP contribution in [0.5, 0.6) is 11.5 Å². The average Bonchev–Trinajstić information content (AvgIpc) is 2.63. The van der Waals surface area contributed by atoms with E-state index < -0.39 is 6.67 Å². The van der Waals surface area contributed by atoms with Gasteiger partial charge < -0.3 is 14.8 Å². The molecule has 0 aliphatic rings. The van der Waals surface area contributed by atoms with E-state index in [-0.39, 0.29) is 5.78 Å². The maximum absolute atomic E-state index is 12.1. The van der Waals surface area contributed by atoms with Crippen molar-refractivity contribution < 1.29 is 18.7 Å². The summed E-state index contributed by atoms with van der Waals surface area (Å²) in [6.07, 6.45) is 3.42. The summed E-state index contributed by atoms with van der Waals surface area (Å²) in [4.78, 5) is 12.1. The lowest BCUT2D eigenvalue weighted by Crippen LogP contribution is -1.99. The van der Waals surface area contributed by atoms with Gasteiger partial charge in [0.25, 0.3) is 0 Å². The minimum absolute atomic E-state index is 0.119. The zero-order chi connectivity index (χ0) is 17.2. The molecule has 0 radical (unpaired) electrons. The molecule has 1 N–H and O–H groups in total. The molecule has 2 aromatic rings.